The van der Waals surface area contributed by atoms with Crippen molar-refractivity contribution in [1.82, 2.24) is 9.97 Å². The van der Waals surface area contributed by atoms with Gasteiger partial charge in [0.25, 0.3) is 5.56 Å². The van der Waals surface area contributed by atoms with Gasteiger partial charge in [0.05, 0.1) is 30.2 Å². The molecule has 0 radical (unpaired) electrons. The molecule has 0 unspecified atom stereocenters. The van der Waals surface area contributed by atoms with Crippen LogP contribution >= 0.6 is 23.4 Å². The summed E-state index contributed by atoms with van der Waals surface area (Å²) in [4.78, 5) is 20.8. The standard InChI is InChI=1S/C19H17ClN2O3S/c1-24-16-9-13-15(10-17(16)25-2)21-18(22-19(13)23)14(20)8-11-4-6-12(26-3)7-5-11/h4-10H,1-3H3,(H,21,22,23)/b14-8-. The molecule has 3 rings (SSSR count). The molecule has 1 aromatic heterocycles. The van der Waals surface area contributed by atoms with Crippen molar-refractivity contribution in [2.45, 2.75) is 4.90 Å². The summed E-state index contributed by atoms with van der Waals surface area (Å²) in [6.45, 7) is 0. The lowest BCUT2D eigenvalue weighted by molar-refractivity contribution is 0.355. The Morgan fingerprint density at radius 1 is 1.15 bits per heavy atom. The summed E-state index contributed by atoms with van der Waals surface area (Å²) < 4.78 is 10.5. The maximum Gasteiger partial charge on any atom is 0.259 e. The van der Waals surface area contributed by atoms with Crippen LogP contribution < -0.4 is 15.0 Å². The Morgan fingerprint density at radius 2 is 1.81 bits per heavy atom. The van der Waals surface area contributed by atoms with Crippen molar-refractivity contribution in [3.63, 3.8) is 0 Å². The van der Waals surface area contributed by atoms with E-state index in [1.54, 1.807) is 30.0 Å². The van der Waals surface area contributed by atoms with E-state index in [2.05, 4.69) is 9.97 Å². The molecule has 0 aliphatic rings. The van der Waals surface area contributed by atoms with Crippen LogP contribution in [0.4, 0.5) is 0 Å². The van der Waals surface area contributed by atoms with E-state index in [1.165, 1.54) is 14.2 Å². The van der Waals surface area contributed by atoms with Crippen LogP contribution in [0.15, 0.2) is 46.1 Å². The number of hydrogen-bond acceptors (Lipinski definition) is 5. The smallest absolute Gasteiger partial charge is 0.259 e. The normalized spacial score (nSPS) is 11.6. The number of nitrogens with one attached hydrogen (secondary N) is 1. The molecule has 7 heteroatoms. The molecule has 0 atom stereocenters. The number of ether oxygens (including phenoxy) is 2. The topological polar surface area (TPSA) is 64.2 Å². The minimum Gasteiger partial charge on any atom is -0.493 e. The highest BCUT2D eigenvalue weighted by Gasteiger charge is 2.12. The van der Waals surface area contributed by atoms with E-state index in [-0.39, 0.29) is 5.56 Å². The molecule has 0 spiro atoms. The predicted octanol–water partition coefficient (Wildman–Crippen LogP) is 4.40. The predicted molar refractivity (Wildman–Crippen MR) is 107 cm³/mol. The number of aromatic nitrogens is 2. The molecule has 134 valence electrons. The fraction of sp³-hybridized carbons (Fsp3) is 0.158. The first-order valence-electron chi connectivity index (χ1n) is 7.73. The van der Waals surface area contributed by atoms with Gasteiger partial charge in [0.2, 0.25) is 0 Å². The lowest BCUT2D eigenvalue weighted by atomic mass is 10.2. The van der Waals surface area contributed by atoms with Gasteiger partial charge < -0.3 is 14.5 Å². The van der Waals surface area contributed by atoms with Gasteiger partial charge in [-0.05, 0) is 36.1 Å². The van der Waals surface area contributed by atoms with Gasteiger partial charge >= 0.3 is 0 Å². The fourth-order valence-corrected chi connectivity index (χ4v) is 3.12. The van der Waals surface area contributed by atoms with E-state index in [1.807, 2.05) is 30.5 Å². The van der Waals surface area contributed by atoms with Gasteiger partial charge in [-0.1, -0.05) is 23.7 Å². The van der Waals surface area contributed by atoms with E-state index in [9.17, 15) is 4.79 Å². The van der Waals surface area contributed by atoms with Crippen LogP contribution in [0.5, 0.6) is 11.5 Å². The Bertz CT molecular complexity index is 1030. The molecule has 26 heavy (non-hydrogen) atoms. The largest absolute Gasteiger partial charge is 0.493 e. The molecule has 0 fully saturated rings. The van der Waals surface area contributed by atoms with Gasteiger partial charge in [0, 0.05) is 11.0 Å². The first kappa shape index (κ1) is 18.4. The highest BCUT2D eigenvalue weighted by Crippen LogP contribution is 2.30. The van der Waals surface area contributed by atoms with Crippen LogP contribution in [0.1, 0.15) is 11.4 Å². The second-order valence-corrected chi connectivity index (χ2v) is 6.69. The summed E-state index contributed by atoms with van der Waals surface area (Å²) in [7, 11) is 3.05. The van der Waals surface area contributed by atoms with Gasteiger partial charge in [-0.3, -0.25) is 4.79 Å². The van der Waals surface area contributed by atoms with Crippen molar-refractivity contribution in [1.29, 1.82) is 0 Å². The highest BCUT2D eigenvalue weighted by atomic mass is 35.5. The van der Waals surface area contributed by atoms with Gasteiger partial charge in [0.15, 0.2) is 17.3 Å². The van der Waals surface area contributed by atoms with Crippen LogP contribution in [-0.4, -0.2) is 30.4 Å². The number of methoxy groups -OCH3 is 2. The van der Waals surface area contributed by atoms with Crippen LogP contribution in [0.2, 0.25) is 0 Å². The Labute approximate surface area is 160 Å². The number of benzene rings is 2. The maximum absolute atomic E-state index is 12.4. The van der Waals surface area contributed by atoms with Crippen molar-refractivity contribution in [2.24, 2.45) is 0 Å². The lowest BCUT2D eigenvalue weighted by Gasteiger charge is -2.09. The number of H-pyrrole nitrogens is 1. The molecular formula is C19H17ClN2O3S. The molecule has 0 aliphatic carbocycles. The molecule has 0 saturated heterocycles. The second-order valence-electron chi connectivity index (χ2n) is 5.40. The number of hydrogen-bond donors (Lipinski definition) is 1. The van der Waals surface area contributed by atoms with Crippen LogP contribution in [0.3, 0.4) is 0 Å². The van der Waals surface area contributed by atoms with Crippen molar-refractivity contribution in [2.75, 3.05) is 20.5 Å². The van der Waals surface area contributed by atoms with Gasteiger partial charge in [-0.15, -0.1) is 11.8 Å². The molecule has 0 bridgehead atoms. The third-order valence-corrected chi connectivity index (χ3v) is 4.88. The molecular weight excluding hydrogens is 372 g/mol. The van der Waals surface area contributed by atoms with Crippen molar-refractivity contribution in [3.8, 4) is 11.5 Å². The summed E-state index contributed by atoms with van der Waals surface area (Å²) in [5.74, 6) is 1.26. The SMILES string of the molecule is COc1cc2nc(/C(Cl)=C/c3ccc(SC)cc3)[nH]c(=O)c2cc1OC. The molecule has 1 heterocycles. The molecule has 1 N–H and O–H groups in total. The summed E-state index contributed by atoms with van der Waals surface area (Å²) in [6.07, 6.45) is 3.78. The van der Waals surface area contributed by atoms with Crippen LogP contribution in [0.25, 0.3) is 22.0 Å². The Hall–Kier alpha value is -2.44. The average Bonchev–Trinajstić information content (AvgIpc) is 2.67. The summed E-state index contributed by atoms with van der Waals surface area (Å²) >= 11 is 8.05. The third kappa shape index (κ3) is 3.71. The highest BCUT2D eigenvalue weighted by molar-refractivity contribution is 7.98. The summed E-state index contributed by atoms with van der Waals surface area (Å²) in [5.41, 5.74) is 1.10. The van der Waals surface area contributed by atoms with Gasteiger partial charge in [0.1, 0.15) is 0 Å². The van der Waals surface area contributed by atoms with Crippen molar-refractivity contribution >= 4 is 45.4 Å². The van der Waals surface area contributed by atoms with Gasteiger partial charge in [-0.25, -0.2) is 4.98 Å². The first-order valence-corrected chi connectivity index (χ1v) is 9.33. The molecule has 5 nitrogen and oxygen atoms in total. The minimum absolute atomic E-state index is 0.296. The van der Waals surface area contributed by atoms with Crippen LogP contribution in [-0.2, 0) is 0 Å². The molecule has 0 saturated carbocycles. The first-order chi connectivity index (χ1) is 12.5. The van der Waals surface area contributed by atoms with Crippen molar-refractivity contribution < 1.29 is 9.47 Å². The van der Waals surface area contributed by atoms with Crippen molar-refractivity contribution in [3.05, 3.63) is 58.1 Å². The molecule has 0 aliphatic heterocycles. The number of aromatic amines is 1. The maximum atomic E-state index is 12.4. The average molecular weight is 389 g/mol. The minimum atomic E-state index is -0.296. The Kier molecular flexibility index (Phi) is 5.54. The monoisotopic (exact) mass is 388 g/mol. The lowest BCUT2D eigenvalue weighted by Crippen LogP contribution is -2.11. The number of fused-ring (bicyclic) bond motifs is 1. The van der Waals surface area contributed by atoms with E-state index in [0.29, 0.717) is 33.3 Å². The quantitative estimate of drug-likeness (QED) is 0.656. The number of thioether (sulfide) groups is 1. The summed E-state index contributed by atoms with van der Waals surface area (Å²) in [5, 5.41) is 0.746. The zero-order valence-electron chi connectivity index (χ0n) is 14.5. The Balaban J connectivity index is 2.06. The molecule has 0 amide bonds. The summed E-state index contributed by atoms with van der Waals surface area (Å²) in [6, 6.07) is 11.2. The van der Waals surface area contributed by atoms with E-state index in [4.69, 9.17) is 21.1 Å². The van der Waals surface area contributed by atoms with Gasteiger partial charge in [-0.2, -0.15) is 0 Å². The third-order valence-electron chi connectivity index (χ3n) is 3.85. The number of halogens is 1. The van der Waals surface area contributed by atoms with E-state index < -0.39 is 0 Å². The second kappa shape index (κ2) is 7.85. The van der Waals surface area contributed by atoms with E-state index in [0.717, 1.165) is 10.5 Å². The van der Waals surface area contributed by atoms with E-state index >= 15 is 0 Å². The zero-order valence-corrected chi connectivity index (χ0v) is 16.1. The van der Waals surface area contributed by atoms with Crippen LogP contribution in [0, 0.1) is 0 Å². The molecule has 2 aromatic carbocycles. The Morgan fingerprint density at radius 3 is 2.42 bits per heavy atom. The number of rotatable bonds is 5. The fourth-order valence-electron chi connectivity index (χ4n) is 2.49. The molecule has 3 aromatic rings. The number of nitrogens with zero attached hydrogens (tertiary/aromatic N) is 1. The zero-order chi connectivity index (χ0) is 18.7.